The fourth-order valence-electron chi connectivity index (χ4n) is 2.47. The standard InChI is InChI=1S/C16H16N2/c1-11-7-8-13-10-15(12-5-3-2-4-6-12)18-16(17)14(13)9-11/h2-9,15H,10H2,1H3,(H2,17,18). The maximum atomic E-state index is 6.09. The zero-order chi connectivity index (χ0) is 12.5. The van der Waals surface area contributed by atoms with E-state index in [-0.39, 0.29) is 6.04 Å². The van der Waals surface area contributed by atoms with Crippen LogP contribution in [0.5, 0.6) is 0 Å². The maximum Gasteiger partial charge on any atom is 0.126 e. The first kappa shape index (κ1) is 11.0. The topological polar surface area (TPSA) is 38.4 Å². The first-order chi connectivity index (χ1) is 8.74. The Morgan fingerprint density at radius 2 is 1.89 bits per heavy atom. The lowest BCUT2D eigenvalue weighted by Crippen LogP contribution is -2.23. The smallest absolute Gasteiger partial charge is 0.126 e. The normalized spacial score (nSPS) is 18.1. The van der Waals surface area contributed by atoms with Gasteiger partial charge in [0.05, 0.1) is 6.04 Å². The highest BCUT2D eigenvalue weighted by atomic mass is 14.9. The highest BCUT2D eigenvalue weighted by Crippen LogP contribution is 2.29. The molecule has 0 spiro atoms. The lowest BCUT2D eigenvalue weighted by molar-refractivity contribution is 0.709. The number of fused-ring (bicyclic) bond motifs is 1. The largest absolute Gasteiger partial charge is 0.383 e. The Kier molecular flexibility index (Phi) is 2.63. The van der Waals surface area contributed by atoms with Gasteiger partial charge in [0.25, 0.3) is 0 Å². The van der Waals surface area contributed by atoms with Gasteiger partial charge in [-0.1, -0.05) is 48.0 Å². The van der Waals surface area contributed by atoms with E-state index < -0.39 is 0 Å². The van der Waals surface area contributed by atoms with Gasteiger partial charge < -0.3 is 5.73 Å². The molecule has 0 amide bonds. The number of hydrogen-bond acceptors (Lipinski definition) is 2. The summed E-state index contributed by atoms with van der Waals surface area (Å²) < 4.78 is 0. The van der Waals surface area contributed by atoms with Crippen molar-refractivity contribution in [2.75, 3.05) is 0 Å². The third-order valence-electron chi connectivity index (χ3n) is 3.43. The number of hydrogen-bond donors (Lipinski definition) is 1. The molecule has 2 nitrogen and oxygen atoms in total. The Labute approximate surface area is 107 Å². The van der Waals surface area contributed by atoms with Crippen molar-refractivity contribution >= 4 is 5.84 Å². The SMILES string of the molecule is Cc1ccc2c(c1)C(N)=NC(c1ccccc1)C2. The van der Waals surface area contributed by atoms with Crippen molar-refractivity contribution in [3.63, 3.8) is 0 Å². The summed E-state index contributed by atoms with van der Waals surface area (Å²) in [5.41, 5.74) is 10.9. The zero-order valence-electron chi connectivity index (χ0n) is 10.4. The van der Waals surface area contributed by atoms with Gasteiger partial charge in [-0.3, -0.25) is 4.99 Å². The fraction of sp³-hybridized carbons (Fsp3) is 0.188. The van der Waals surface area contributed by atoms with Crippen LogP contribution in [0.4, 0.5) is 0 Å². The number of amidine groups is 1. The fourth-order valence-corrected chi connectivity index (χ4v) is 2.47. The van der Waals surface area contributed by atoms with Crippen molar-refractivity contribution in [3.8, 4) is 0 Å². The highest BCUT2D eigenvalue weighted by molar-refractivity contribution is 6.00. The molecule has 0 aliphatic carbocycles. The molecule has 1 heterocycles. The Hall–Kier alpha value is -2.09. The number of aliphatic imine (C=N–C) groups is 1. The van der Waals surface area contributed by atoms with Crippen LogP contribution in [0.25, 0.3) is 0 Å². The van der Waals surface area contributed by atoms with Gasteiger partial charge in [-0.05, 0) is 30.5 Å². The van der Waals surface area contributed by atoms with E-state index in [1.165, 1.54) is 16.7 Å². The van der Waals surface area contributed by atoms with Crippen LogP contribution in [0.3, 0.4) is 0 Å². The molecular weight excluding hydrogens is 220 g/mol. The average molecular weight is 236 g/mol. The van der Waals surface area contributed by atoms with Crippen molar-refractivity contribution in [1.82, 2.24) is 0 Å². The molecule has 2 N–H and O–H groups in total. The Bertz CT molecular complexity index is 600. The number of benzene rings is 2. The lowest BCUT2D eigenvalue weighted by atomic mass is 9.91. The minimum absolute atomic E-state index is 0.154. The second-order valence-corrected chi connectivity index (χ2v) is 4.81. The molecule has 90 valence electrons. The molecule has 0 saturated carbocycles. The summed E-state index contributed by atoms with van der Waals surface area (Å²) in [6, 6.07) is 16.9. The van der Waals surface area contributed by atoms with Crippen LogP contribution >= 0.6 is 0 Å². The maximum absolute atomic E-state index is 6.09. The number of nitrogens with zero attached hydrogens (tertiary/aromatic N) is 1. The van der Waals surface area contributed by atoms with E-state index in [1.807, 2.05) is 18.2 Å². The van der Waals surface area contributed by atoms with Crippen molar-refractivity contribution in [3.05, 3.63) is 70.8 Å². The minimum Gasteiger partial charge on any atom is -0.383 e. The quantitative estimate of drug-likeness (QED) is 0.812. The first-order valence-corrected chi connectivity index (χ1v) is 6.22. The summed E-state index contributed by atoms with van der Waals surface area (Å²) >= 11 is 0. The third kappa shape index (κ3) is 1.90. The van der Waals surface area contributed by atoms with Gasteiger partial charge in [-0.25, -0.2) is 0 Å². The van der Waals surface area contributed by atoms with E-state index in [2.05, 4.69) is 42.2 Å². The summed E-state index contributed by atoms with van der Waals surface area (Å²) in [6.07, 6.45) is 0.931. The minimum atomic E-state index is 0.154. The molecule has 0 bridgehead atoms. The van der Waals surface area contributed by atoms with E-state index in [0.29, 0.717) is 5.84 Å². The summed E-state index contributed by atoms with van der Waals surface area (Å²) in [5, 5.41) is 0. The van der Waals surface area contributed by atoms with Crippen LogP contribution in [-0.4, -0.2) is 5.84 Å². The van der Waals surface area contributed by atoms with E-state index in [9.17, 15) is 0 Å². The second-order valence-electron chi connectivity index (χ2n) is 4.81. The Balaban J connectivity index is 2.02. The number of rotatable bonds is 1. The molecule has 2 aromatic carbocycles. The molecule has 1 unspecified atom stereocenters. The monoisotopic (exact) mass is 236 g/mol. The molecule has 0 radical (unpaired) electrons. The van der Waals surface area contributed by atoms with Crippen molar-refractivity contribution in [2.45, 2.75) is 19.4 Å². The van der Waals surface area contributed by atoms with Crippen LogP contribution in [0.2, 0.25) is 0 Å². The molecule has 2 aromatic rings. The predicted molar refractivity (Wildman–Crippen MR) is 74.8 cm³/mol. The van der Waals surface area contributed by atoms with Gasteiger partial charge in [0, 0.05) is 5.56 Å². The number of aryl methyl sites for hydroxylation is 1. The first-order valence-electron chi connectivity index (χ1n) is 6.22. The average Bonchev–Trinajstić information content (AvgIpc) is 2.40. The zero-order valence-corrected chi connectivity index (χ0v) is 10.4. The lowest BCUT2D eigenvalue weighted by Gasteiger charge is -2.22. The highest BCUT2D eigenvalue weighted by Gasteiger charge is 2.20. The number of nitrogens with two attached hydrogens (primary N) is 1. The molecule has 3 rings (SSSR count). The molecule has 0 saturated heterocycles. The third-order valence-corrected chi connectivity index (χ3v) is 3.43. The van der Waals surface area contributed by atoms with Crippen LogP contribution < -0.4 is 5.73 Å². The summed E-state index contributed by atoms with van der Waals surface area (Å²) in [4.78, 5) is 4.63. The Morgan fingerprint density at radius 1 is 1.11 bits per heavy atom. The molecule has 1 aliphatic rings. The summed E-state index contributed by atoms with van der Waals surface area (Å²) in [5.74, 6) is 0.661. The predicted octanol–water partition coefficient (Wildman–Crippen LogP) is 3.00. The van der Waals surface area contributed by atoms with Gasteiger partial charge >= 0.3 is 0 Å². The summed E-state index contributed by atoms with van der Waals surface area (Å²) in [7, 11) is 0. The van der Waals surface area contributed by atoms with E-state index in [0.717, 1.165) is 12.0 Å². The van der Waals surface area contributed by atoms with Gasteiger partial charge in [0.15, 0.2) is 0 Å². The van der Waals surface area contributed by atoms with Crippen LogP contribution in [0, 0.1) is 6.92 Å². The second kappa shape index (κ2) is 4.30. The van der Waals surface area contributed by atoms with Crippen molar-refractivity contribution in [1.29, 1.82) is 0 Å². The Morgan fingerprint density at radius 3 is 2.67 bits per heavy atom. The molecule has 0 aromatic heterocycles. The van der Waals surface area contributed by atoms with Gasteiger partial charge in [0.2, 0.25) is 0 Å². The summed E-state index contributed by atoms with van der Waals surface area (Å²) in [6.45, 7) is 2.08. The van der Waals surface area contributed by atoms with Crippen molar-refractivity contribution < 1.29 is 0 Å². The van der Waals surface area contributed by atoms with E-state index >= 15 is 0 Å². The molecular formula is C16H16N2. The van der Waals surface area contributed by atoms with Gasteiger partial charge in [-0.15, -0.1) is 0 Å². The van der Waals surface area contributed by atoms with E-state index in [1.54, 1.807) is 0 Å². The van der Waals surface area contributed by atoms with E-state index in [4.69, 9.17) is 5.73 Å². The van der Waals surface area contributed by atoms with Gasteiger partial charge in [-0.2, -0.15) is 0 Å². The molecule has 18 heavy (non-hydrogen) atoms. The van der Waals surface area contributed by atoms with Crippen LogP contribution in [-0.2, 0) is 6.42 Å². The molecule has 0 fully saturated rings. The molecule has 1 atom stereocenters. The molecule has 2 heteroatoms. The molecule has 1 aliphatic heterocycles. The van der Waals surface area contributed by atoms with Crippen LogP contribution in [0.1, 0.15) is 28.3 Å². The van der Waals surface area contributed by atoms with Gasteiger partial charge in [0.1, 0.15) is 5.84 Å². The van der Waals surface area contributed by atoms with Crippen molar-refractivity contribution in [2.24, 2.45) is 10.7 Å². The van der Waals surface area contributed by atoms with Crippen LogP contribution in [0.15, 0.2) is 53.5 Å².